The highest BCUT2D eigenvalue weighted by Crippen LogP contribution is 2.46. The Morgan fingerprint density at radius 2 is 2.13 bits per heavy atom. The van der Waals surface area contributed by atoms with Gasteiger partial charge in [0, 0.05) is 41.6 Å². The van der Waals surface area contributed by atoms with Crippen LogP contribution in [0.5, 0.6) is 0 Å². The zero-order valence-corrected chi connectivity index (χ0v) is 18.1. The van der Waals surface area contributed by atoms with Gasteiger partial charge in [-0.1, -0.05) is 19.1 Å². The number of benzene rings is 1. The number of halogens is 2. The molecule has 0 N–H and O–H groups in total. The lowest BCUT2D eigenvalue weighted by atomic mass is 9.72. The van der Waals surface area contributed by atoms with Gasteiger partial charge in [0.05, 0.1) is 5.92 Å². The number of fused-ring (bicyclic) bond motifs is 2. The Morgan fingerprint density at radius 1 is 1.33 bits per heavy atom. The van der Waals surface area contributed by atoms with Gasteiger partial charge in [-0.25, -0.2) is 8.78 Å². The SMILES string of the molecule is CCCN1C[C@H](C(=O)OCC(F)CF)C[C@@H]2c3cccc4c3c(cn4C(C)C)C[C@H]21. The van der Waals surface area contributed by atoms with E-state index in [4.69, 9.17) is 4.74 Å². The largest absolute Gasteiger partial charge is 0.462 e. The maximum Gasteiger partial charge on any atom is 0.310 e. The minimum absolute atomic E-state index is 0.240. The molecule has 1 fully saturated rings. The molecule has 4 atom stereocenters. The Labute approximate surface area is 177 Å². The summed E-state index contributed by atoms with van der Waals surface area (Å²) in [5.41, 5.74) is 3.95. The maximum absolute atomic E-state index is 13.2. The van der Waals surface area contributed by atoms with Crippen LogP contribution in [0.25, 0.3) is 10.9 Å². The van der Waals surface area contributed by atoms with Crippen LogP contribution in [0.4, 0.5) is 8.78 Å². The zero-order chi connectivity index (χ0) is 21.4. The molecule has 30 heavy (non-hydrogen) atoms. The fourth-order valence-corrected chi connectivity index (χ4v) is 5.41. The summed E-state index contributed by atoms with van der Waals surface area (Å²) in [5, 5.41) is 1.33. The van der Waals surface area contributed by atoms with Gasteiger partial charge in [-0.2, -0.15) is 0 Å². The minimum Gasteiger partial charge on any atom is -0.462 e. The predicted molar refractivity (Wildman–Crippen MR) is 114 cm³/mol. The summed E-state index contributed by atoms with van der Waals surface area (Å²) in [7, 11) is 0. The van der Waals surface area contributed by atoms with E-state index in [1.807, 2.05) is 0 Å². The Bertz CT molecular complexity index is 910. The number of rotatable bonds is 7. The van der Waals surface area contributed by atoms with Crippen LogP contribution in [0, 0.1) is 5.92 Å². The van der Waals surface area contributed by atoms with Crippen molar-refractivity contribution in [1.29, 1.82) is 0 Å². The number of carbonyl (C=O) groups is 1. The van der Waals surface area contributed by atoms with Crippen LogP contribution in [-0.4, -0.2) is 54.0 Å². The average Bonchev–Trinajstić information content (AvgIpc) is 3.12. The summed E-state index contributed by atoms with van der Waals surface area (Å²) >= 11 is 0. The second kappa shape index (κ2) is 8.66. The van der Waals surface area contributed by atoms with Crippen molar-refractivity contribution in [1.82, 2.24) is 9.47 Å². The van der Waals surface area contributed by atoms with E-state index in [0.717, 1.165) is 19.4 Å². The third-order valence-electron chi connectivity index (χ3n) is 6.70. The van der Waals surface area contributed by atoms with Crippen LogP contribution in [0.2, 0.25) is 0 Å². The molecule has 1 aromatic carbocycles. The lowest BCUT2D eigenvalue weighted by Crippen LogP contribution is -2.52. The van der Waals surface area contributed by atoms with Crippen molar-refractivity contribution in [2.45, 2.75) is 64.2 Å². The molecule has 0 bridgehead atoms. The van der Waals surface area contributed by atoms with E-state index in [1.165, 1.54) is 22.0 Å². The zero-order valence-electron chi connectivity index (χ0n) is 18.1. The van der Waals surface area contributed by atoms with E-state index in [9.17, 15) is 13.6 Å². The Balaban J connectivity index is 1.66. The first-order valence-corrected chi connectivity index (χ1v) is 11.2. The molecule has 1 aliphatic carbocycles. The molecule has 2 aliphatic rings. The number of hydrogen-bond donors (Lipinski definition) is 0. The van der Waals surface area contributed by atoms with E-state index >= 15 is 0 Å². The molecule has 0 saturated carbocycles. The van der Waals surface area contributed by atoms with Gasteiger partial charge in [0.15, 0.2) is 6.17 Å². The van der Waals surface area contributed by atoms with Crippen molar-refractivity contribution in [2.75, 3.05) is 26.4 Å². The molecule has 6 heteroatoms. The monoisotopic (exact) mass is 418 g/mol. The molecule has 4 nitrogen and oxygen atoms in total. The predicted octanol–water partition coefficient (Wildman–Crippen LogP) is 4.81. The van der Waals surface area contributed by atoms with E-state index in [-0.39, 0.29) is 11.8 Å². The van der Waals surface area contributed by atoms with E-state index in [1.54, 1.807) is 0 Å². The van der Waals surface area contributed by atoms with Gasteiger partial charge in [-0.15, -0.1) is 0 Å². The van der Waals surface area contributed by atoms with E-state index in [2.05, 4.69) is 54.6 Å². The number of nitrogens with zero attached hydrogens (tertiary/aromatic N) is 2. The lowest BCUT2D eigenvalue weighted by molar-refractivity contribution is -0.153. The first-order chi connectivity index (χ1) is 14.4. The minimum atomic E-state index is -1.74. The van der Waals surface area contributed by atoms with Gasteiger partial charge < -0.3 is 9.30 Å². The van der Waals surface area contributed by atoms with Crippen LogP contribution < -0.4 is 0 Å². The van der Waals surface area contributed by atoms with Gasteiger partial charge >= 0.3 is 5.97 Å². The van der Waals surface area contributed by atoms with Crippen LogP contribution in [-0.2, 0) is 16.0 Å². The molecule has 2 aromatic rings. The molecule has 2 heterocycles. The molecule has 0 amide bonds. The number of ether oxygens (including phenoxy) is 1. The summed E-state index contributed by atoms with van der Waals surface area (Å²) < 4.78 is 33.1. The number of hydrogen-bond acceptors (Lipinski definition) is 3. The Hall–Kier alpha value is -1.95. The van der Waals surface area contributed by atoms with Crippen molar-refractivity contribution in [3.63, 3.8) is 0 Å². The van der Waals surface area contributed by atoms with Gasteiger partial charge in [0.2, 0.25) is 0 Å². The summed E-state index contributed by atoms with van der Waals surface area (Å²) in [5.74, 6) is -0.471. The molecule has 0 spiro atoms. The number of carbonyl (C=O) groups excluding carboxylic acids is 1. The Kier molecular flexibility index (Phi) is 6.14. The second-order valence-electron chi connectivity index (χ2n) is 9.08. The third-order valence-corrected chi connectivity index (χ3v) is 6.70. The highest BCUT2D eigenvalue weighted by atomic mass is 19.2. The van der Waals surface area contributed by atoms with Crippen molar-refractivity contribution >= 4 is 16.9 Å². The fourth-order valence-electron chi connectivity index (χ4n) is 5.41. The fraction of sp³-hybridized carbons (Fsp3) is 0.625. The van der Waals surface area contributed by atoms with Crippen molar-refractivity contribution in [3.05, 3.63) is 35.5 Å². The van der Waals surface area contributed by atoms with Gasteiger partial charge in [-0.3, -0.25) is 9.69 Å². The summed E-state index contributed by atoms with van der Waals surface area (Å²) in [6.07, 6.45) is 3.25. The van der Waals surface area contributed by atoms with Gasteiger partial charge in [-0.05, 0) is 56.8 Å². The second-order valence-corrected chi connectivity index (χ2v) is 9.08. The van der Waals surface area contributed by atoms with Crippen molar-refractivity contribution < 1.29 is 18.3 Å². The van der Waals surface area contributed by atoms with Crippen LogP contribution >= 0.6 is 0 Å². The first kappa shape index (κ1) is 21.3. The number of piperidine rings is 1. The standard InChI is InChI=1S/C24H32F2N2O2/c1-4-8-27-12-17(24(29)30-14-18(26)11-25)9-20-19-6-5-7-21-23(19)16(10-22(20)27)13-28(21)15(2)3/h5-7,13,15,17-18,20,22H,4,8-12,14H2,1-3H3/t17-,18?,20-,22-/m1/s1. The number of aromatic nitrogens is 1. The lowest BCUT2D eigenvalue weighted by Gasteiger charge is -2.46. The van der Waals surface area contributed by atoms with Crippen LogP contribution in [0.1, 0.15) is 56.7 Å². The van der Waals surface area contributed by atoms with E-state index < -0.39 is 25.4 Å². The maximum atomic E-state index is 13.2. The smallest absolute Gasteiger partial charge is 0.310 e. The average molecular weight is 419 g/mol. The van der Waals surface area contributed by atoms with Gasteiger partial charge in [0.1, 0.15) is 13.3 Å². The molecule has 1 saturated heterocycles. The molecular weight excluding hydrogens is 386 g/mol. The number of likely N-dealkylation sites (tertiary alicyclic amines) is 1. The molecular formula is C24H32F2N2O2. The normalized spacial score (nSPS) is 24.8. The van der Waals surface area contributed by atoms with Crippen molar-refractivity contribution in [3.8, 4) is 0 Å². The molecule has 164 valence electrons. The molecule has 4 rings (SSSR count). The summed E-state index contributed by atoms with van der Waals surface area (Å²) in [6, 6.07) is 7.24. The van der Waals surface area contributed by atoms with Crippen LogP contribution in [0.15, 0.2) is 24.4 Å². The number of esters is 1. The highest BCUT2D eigenvalue weighted by Gasteiger charge is 2.43. The van der Waals surface area contributed by atoms with E-state index in [0.29, 0.717) is 25.0 Å². The quantitative estimate of drug-likeness (QED) is 0.605. The third kappa shape index (κ3) is 3.75. The molecule has 1 aromatic heterocycles. The van der Waals surface area contributed by atoms with Crippen LogP contribution in [0.3, 0.4) is 0 Å². The molecule has 1 unspecified atom stereocenters. The summed E-state index contributed by atoms with van der Waals surface area (Å²) in [6.45, 7) is 6.47. The highest BCUT2D eigenvalue weighted by molar-refractivity contribution is 5.89. The Morgan fingerprint density at radius 3 is 2.83 bits per heavy atom. The first-order valence-electron chi connectivity index (χ1n) is 11.2. The summed E-state index contributed by atoms with van der Waals surface area (Å²) in [4.78, 5) is 15.1. The topological polar surface area (TPSA) is 34.5 Å². The molecule has 0 radical (unpaired) electrons. The van der Waals surface area contributed by atoms with Gasteiger partial charge in [0.25, 0.3) is 0 Å². The number of alkyl halides is 2. The molecule has 1 aliphatic heterocycles. The van der Waals surface area contributed by atoms with Crippen molar-refractivity contribution in [2.24, 2.45) is 5.92 Å².